The number of hydrogen-bond donors (Lipinski definition) is 1. The van der Waals surface area contributed by atoms with Crippen molar-refractivity contribution in [3.8, 4) is 0 Å². The maximum atomic E-state index is 5.71. The minimum Gasteiger partial charge on any atom is -0.368 e. The largest absolute Gasteiger partial charge is 0.368 e. The van der Waals surface area contributed by atoms with E-state index in [9.17, 15) is 0 Å². The van der Waals surface area contributed by atoms with E-state index in [1.165, 1.54) is 4.88 Å². The van der Waals surface area contributed by atoms with Gasteiger partial charge in [-0.05, 0) is 17.7 Å². The van der Waals surface area contributed by atoms with Crippen LogP contribution in [0.4, 0.5) is 5.95 Å². The van der Waals surface area contributed by atoms with Crippen LogP contribution in [-0.2, 0) is 6.54 Å². The summed E-state index contributed by atoms with van der Waals surface area (Å²) in [6.07, 6.45) is 1.97. The summed E-state index contributed by atoms with van der Waals surface area (Å²) in [7, 11) is 0. The molecule has 0 aliphatic carbocycles. The predicted octanol–water partition coefficient (Wildman–Crippen LogP) is 1.69. The van der Waals surface area contributed by atoms with Crippen LogP contribution in [0.5, 0.6) is 0 Å². The zero-order chi connectivity index (χ0) is 9.97. The Kier molecular flexibility index (Phi) is 2.74. The fraction of sp³-hybridized carbons (Fsp3) is 0.250. The highest BCUT2D eigenvalue weighted by molar-refractivity contribution is 7.98. The predicted molar refractivity (Wildman–Crippen MR) is 59.6 cm³/mol. The van der Waals surface area contributed by atoms with E-state index in [2.05, 4.69) is 21.6 Å². The molecule has 2 rings (SSSR count). The Morgan fingerprint density at radius 2 is 2.43 bits per heavy atom. The zero-order valence-electron chi connectivity index (χ0n) is 7.67. The molecule has 4 nitrogen and oxygen atoms in total. The van der Waals surface area contributed by atoms with Crippen LogP contribution in [-0.4, -0.2) is 21.0 Å². The summed E-state index contributed by atoms with van der Waals surface area (Å²) in [5.74, 6) is 0.475. The molecule has 2 aromatic rings. The van der Waals surface area contributed by atoms with Crippen LogP contribution in [0.2, 0.25) is 0 Å². The van der Waals surface area contributed by atoms with Crippen molar-refractivity contribution in [3.63, 3.8) is 0 Å². The maximum Gasteiger partial charge on any atom is 0.223 e. The molecular formula is C8H10N4S2. The Balaban J connectivity index is 2.27. The molecule has 2 aromatic heterocycles. The van der Waals surface area contributed by atoms with Gasteiger partial charge in [0.25, 0.3) is 0 Å². The molecule has 0 spiro atoms. The van der Waals surface area contributed by atoms with Gasteiger partial charge in [-0.15, -0.1) is 21.5 Å². The number of hydrogen-bond acceptors (Lipinski definition) is 5. The lowest BCUT2D eigenvalue weighted by Gasteiger charge is -2.03. The van der Waals surface area contributed by atoms with Crippen LogP contribution in [0, 0.1) is 0 Å². The molecule has 6 heteroatoms. The van der Waals surface area contributed by atoms with E-state index in [1.54, 1.807) is 23.1 Å². The first kappa shape index (κ1) is 9.54. The van der Waals surface area contributed by atoms with Crippen LogP contribution in [0.25, 0.3) is 0 Å². The standard InChI is InChI=1S/C8H10N4S2/c1-13-8-11-10-7(9)12(8)5-6-3-2-4-14-6/h2-4H,5H2,1H3,(H2,9,10). The Bertz CT molecular complexity index is 407. The van der Waals surface area contributed by atoms with Crippen LogP contribution in [0.1, 0.15) is 4.88 Å². The summed E-state index contributed by atoms with van der Waals surface area (Å²) in [5.41, 5.74) is 5.71. The number of nitrogens with zero attached hydrogens (tertiary/aromatic N) is 3. The number of aromatic nitrogens is 3. The molecule has 2 heterocycles. The molecule has 0 unspecified atom stereocenters. The third-order valence-corrected chi connectivity index (χ3v) is 3.35. The van der Waals surface area contributed by atoms with Crippen molar-refractivity contribution >= 4 is 29.0 Å². The van der Waals surface area contributed by atoms with E-state index in [-0.39, 0.29) is 0 Å². The topological polar surface area (TPSA) is 56.7 Å². The first-order valence-electron chi connectivity index (χ1n) is 4.06. The Labute approximate surface area is 90.1 Å². The number of nitrogens with two attached hydrogens (primary N) is 1. The van der Waals surface area contributed by atoms with Crippen molar-refractivity contribution in [2.45, 2.75) is 11.7 Å². The van der Waals surface area contributed by atoms with Gasteiger partial charge in [0, 0.05) is 4.88 Å². The second-order valence-corrected chi connectivity index (χ2v) is 4.52. The van der Waals surface area contributed by atoms with Crippen LogP contribution < -0.4 is 5.73 Å². The highest BCUT2D eigenvalue weighted by Crippen LogP contribution is 2.18. The Morgan fingerprint density at radius 3 is 3.07 bits per heavy atom. The lowest BCUT2D eigenvalue weighted by atomic mass is 10.4. The third-order valence-electron chi connectivity index (χ3n) is 1.82. The van der Waals surface area contributed by atoms with E-state index < -0.39 is 0 Å². The second-order valence-electron chi connectivity index (χ2n) is 2.71. The first-order chi connectivity index (χ1) is 6.81. The molecule has 2 N–H and O–H groups in total. The SMILES string of the molecule is CSc1nnc(N)n1Cc1cccs1. The second kappa shape index (κ2) is 4.02. The molecule has 0 saturated heterocycles. The lowest BCUT2D eigenvalue weighted by molar-refractivity contribution is 0.726. The maximum absolute atomic E-state index is 5.71. The van der Waals surface area contributed by atoms with Gasteiger partial charge >= 0.3 is 0 Å². The van der Waals surface area contributed by atoms with Gasteiger partial charge in [0.2, 0.25) is 5.95 Å². The van der Waals surface area contributed by atoms with Gasteiger partial charge < -0.3 is 5.73 Å². The van der Waals surface area contributed by atoms with Gasteiger partial charge in [-0.1, -0.05) is 17.8 Å². The molecule has 0 aliphatic rings. The van der Waals surface area contributed by atoms with Gasteiger partial charge in [0.05, 0.1) is 6.54 Å². The van der Waals surface area contributed by atoms with Crippen molar-refractivity contribution in [3.05, 3.63) is 22.4 Å². The number of anilines is 1. The van der Waals surface area contributed by atoms with E-state index in [0.29, 0.717) is 5.95 Å². The Hall–Kier alpha value is -1.01. The normalized spacial score (nSPS) is 10.6. The summed E-state index contributed by atoms with van der Waals surface area (Å²) in [6, 6.07) is 4.10. The van der Waals surface area contributed by atoms with Gasteiger partial charge in [-0.2, -0.15) is 0 Å². The van der Waals surface area contributed by atoms with Gasteiger partial charge in [-0.25, -0.2) is 0 Å². The fourth-order valence-corrected chi connectivity index (χ4v) is 2.35. The molecular weight excluding hydrogens is 216 g/mol. The van der Waals surface area contributed by atoms with E-state index >= 15 is 0 Å². The first-order valence-corrected chi connectivity index (χ1v) is 6.16. The number of thioether (sulfide) groups is 1. The molecule has 0 radical (unpaired) electrons. The van der Waals surface area contributed by atoms with Crippen molar-refractivity contribution in [2.75, 3.05) is 12.0 Å². The molecule has 0 aliphatic heterocycles. The van der Waals surface area contributed by atoms with Crippen LogP contribution in [0.15, 0.2) is 22.7 Å². The highest BCUT2D eigenvalue weighted by atomic mass is 32.2. The highest BCUT2D eigenvalue weighted by Gasteiger charge is 2.08. The van der Waals surface area contributed by atoms with Crippen molar-refractivity contribution < 1.29 is 0 Å². The van der Waals surface area contributed by atoms with Crippen molar-refractivity contribution in [2.24, 2.45) is 0 Å². The van der Waals surface area contributed by atoms with Crippen LogP contribution >= 0.6 is 23.1 Å². The summed E-state index contributed by atoms with van der Waals surface area (Å²) >= 11 is 3.26. The van der Waals surface area contributed by atoms with Crippen molar-refractivity contribution in [1.82, 2.24) is 14.8 Å². The minimum atomic E-state index is 0.475. The van der Waals surface area contributed by atoms with Gasteiger partial charge in [-0.3, -0.25) is 4.57 Å². The minimum absolute atomic E-state index is 0.475. The molecule has 14 heavy (non-hydrogen) atoms. The monoisotopic (exact) mass is 226 g/mol. The average molecular weight is 226 g/mol. The fourth-order valence-electron chi connectivity index (χ4n) is 1.16. The van der Waals surface area contributed by atoms with E-state index in [0.717, 1.165) is 11.7 Å². The molecule has 0 fully saturated rings. The number of thiophene rings is 1. The van der Waals surface area contributed by atoms with E-state index in [4.69, 9.17) is 5.73 Å². The van der Waals surface area contributed by atoms with Crippen molar-refractivity contribution in [1.29, 1.82) is 0 Å². The third kappa shape index (κ3) is 1.76. The lowest BCUT2D eigenvalue weighted by Crippen LogP contribution is -2.04. The zero-order valence-corrected chi connectivity index (χ0v) is 9.31. The molecule has 0 amide bonds. The van der Waals surface area contributed by atoms with Gasteiger partial charge in [0.1, 0.15) is 0 Å². The number of nitrogen functional groups attached to an aromatic ring is 1. The summed E-state index contributed by atoms with van der Waals surface area (Å²) in [4.78, 5) is 1.26. The molecule has 0 saturated carbocycles. The summed E-state index contributed by atoms with van der Waals surface area (Å²) in [5, 5.41) is 10.7. The molecule has 74 valence electrons. The molecule has 0 atom stereocenters. The van der Waals surface area contributed by atoms with E-state index in [1.807, 2.05) is 16.9 Å². The average Bonchev–Trinajstić information content (AvgIpc) is 2.79. The molecule has 0 aromatic carbocycles. The number of rotatable bonds is 3. The Morgan fingerprint density at radius 1 is 1.57 bits per heavy atom. The van der Waals surface area contributed by atoms with Crippen LogP contribution in [0.3, 0.4) is 0 Å². The quantitative estimate of drug-likeness (QED) is 0.809. The smallest absolute Gasteiger partial charge is 0.223 e. The summed E-state index contributed by atoms with van der Waals surface area (Å²) in [6.45, 7) is 0.757. The summed E-state index contributed by atoms with van der Waals surface area (Å²) < 4.78 is 1.91. The molecule has 0 bridgehead atoms. The van der Waals surface area contributed by atoms with Gasteiger partial charge in [0.15, 0.2) is 5.16 Å².